The van der Waals surface area contributed by atoms with Crippen molar-refractivity contribution < 1.29 is 4.39 Å². The highest BCUT2D eigenvalue weighted by Gasteiger charge is 2.15. The minimum absolute atomic E-state index is 0.0133. The molecule has 0 unspecified atom stereocenters. The molecule has 0 saturated carbocycles. The molecule has 2 aromatic carbocycles. The molecule has 0 aliphatic rings. The molecular formula is C20H12ClFN4O. The van der Waals surface area contributed by atoms with Crippen LogP contribution in [0.1, 0.15) is 11.1 Å². The Bertz CT molecular complexity index is 1370. The number of para-hydroxylation sites is 2. The van der Waals surface area contributed by atoms with Gasteiger partial charge in [0, 0.05) is 11.9 Å². The third-order valence-electron chi connectivity index (χ3n) is 4.41. The molecule has 0 amide bonds. The normalized spacial score (nSPS) is 11.9. The van der Waals surface area contributed by atoms with Crippen molar-refractivity contribution in [2.75, 3.05) is 5.32 Å². The number of imidazole rings is 1. The van der Waals surface area contributed by atoms with Crippen LogP contribution in [0.3, 0.4) is 0 Å². The number of rotatable bonds is 2. The number of hydrogen-bond donors (Lipinski definition) is 1. The van der Waals surface area contributed by atoms with Gasteiger partial charge in [-0.2, -0.15) is 5.26 Å². The van der Waals surface area contributed by atoms with Gasteiger partial charge >= 0.3 is 0 Å². The number of nitrogens with zero attached hydrogens (tertiary/aromatic N) is 3. The molecule has 7 heteroatoms. The summed E-state index contributed by atoms with van der Waals surface area (Å²) >= 11 is 5.69. The lowest BCUT2D eigenvalue weighted by atomic mass is 10.1. The highest BCUT2D eigenvalue weighted by Crippen LogP contribution is 2.19. The second-order valence-electron chi connectivity index (χ2n) is 6.01. The van der Waals surface area contributed by atoms with E-state index in [-0.39, 0.29) is 10.6 Å². The fraction of sp³-hybridized carbons (Fsp3) is 0.0500. The Morgan fingerprint density at radius 2 is 2.07 bits per heavy atom. The molecule has 5 nitrogen and oxygen atoms in total. The molecule has 4 rings (SSSR count). The van der Waals surface area contributed by atoms with E-state index in [2.05, 4.69) is 16.4 Å². The highest BCUT2D eigenvalue weighted by atomic mass is 35.5. The molecule has 0 bridgehead atoms. The van der Waals surface area contributed by atoms with E-state index in [1.807, 2.05) is 6.07 Å². The lowest BCUT2D eigenvalue weighted by Crippen LogP contribution is -2.34. The van der Waals surface area contributed by atoms with Crippen molar-refractivity contribution in [2.24, 2.45) is 0 Å². The largest absolute Gasteiger partial charge is 0.361 e. The molecule has 2 heterocycles. The van der Waals surface area contributed by atoms with Gasteiger partial charge in [-0.05, 0) is 42.8 Å². The zero-order valence-electron chi connectivity index (χ0n) is 14.1. The average Bonchev–Trinajstić information content (AvgIpc) is 3.04. The van der Waals surface area contributed by atoms with Crippen LogP contribution in [0, 0.1) is 24.1 Å². The lowest BCUT2D eigenvalue weighted by Gasteiger charge is -2.05. The predicted octanol–water partition coefficient (Wildman–Crippen LogP) is 3.39. The number of nitriles is 1. The van der Waals surface area contributed by atoms with E-state index in [4.69, 9.17) is 11.6 Å². The summed E-state index contributed by atoms with van der Waals surface area (Å²) in [6, 6.07) is 13.6. The number of pyridine rings is 1. The lowest BCUT2D eigenvalue weighted by molar-refractivity contribution is 0.629. The Hall–Kier alpha value is -3.43. The van der Waals surface area contributed by atoms with Crippen molar-refractivity contribution in [1.82, 2.24) is 9.38 Å². The molecule has 0 atom stereocenters. The minimum Gasteiger partial charge on any atom is -0.361 e. The van der Waals surface area contributed by atoms with E-state index in [1.54, 1.807) is 31.2 Å². The maximum absolute atomic E-state index is 13.6. The minimum atomic E-state index is -0.567. The zero-order valence-corrected chi connectivity index (χ0v) is 14.9. The molecule has 0 spiro atoms. The van der Waals surface area contributed by atoms with Crippen LogP contribution in [0.4, 0.5) is 10.1 Å². The smallest absolute Gasteiger partial charge is 0.265 e. The zero-order chi connectivity index (χ0) is 19.1. The number of aromatic nitrogens is 2. The summed E-state index contributed by atoms with van der Waals surface area (Å²) in [5.41, 5.74) is 2.54. The Morgan fingerprint density at radius 3 is 2.81 bits per heavy atom. The van der Waals surface area contributed by atoms with Crippen LogP contribution in [0.25, 0.3) is 22.9 Å². The summed E-state index contributed by atoms with van der Waals surface area (Å²) in [4.78, 5) is 17.5. The summed E-state index contributed by atoms with van der Waals surface area (Å²) in [6.45, 7) is 1.69. The molecule has 0 fully saturated rings. The molecule has 0 aliphatic carbocycles. The van der Waals surface area contributed by atoms with E-state index in [0.717, 1.165) is 0 Å². The maximum Gasteiger partial charge on any atom is 0.265 e. The summed E-state index contributed by atoms with van der Waals surface area (Å²) < 4.78 is 15.0. The van der Waals surface area contributed by atoms with Crippen LogP contribution in [0.5, 0.6) is 0 Å². The second kappa shape index (κ2) is 6.38. The second-order valence-corrected chi connectivity index (χ2v) is 6.41. The number of nitrogens with one attached hydrogen (secondary N) is 1. The molecule has 0 aliphatic heterocycles. The Morgan fingerprint density at radius 1 is 1.30 bits per heavy atom. The van der Waals surface area contributed by atoms with E-state index in [1.165, 1.54) is 22.7 Å². The molecular weight excluding hydrogens is 367 g/mol. The molecule has 1 N–H and O–H groups in total. The van der Waals surface area contributed by atoms with Gasteiger partial charge in [-0.1, -0.05) is 23.7 Å². The van der Waals surface area contributed by atoms with Gasteiger partial charge < -0.3 is 5.32 Å². The SMILES string of the molecule is Cc1c(C#N)c2nc3ccccc3n2c(=O)/c1=C/Nc1ccc(Cl)c(F)c1. The fourth-order valence-electron chi connectivity index (χ4n) is 3.03. The fourth-order valence-corrected chi connectivity index (χ4v) is 3.15. The van der Waals surface area contributed by atoms with Gasteiger partial charge in [0.2, 0.25) is 0 Å². The molecule has 2 aromatic heterocycles. The monoisotopic (exact) mass is 378 g/mol. The first-order chi connectivity index (χ1) is 13.0. The average molecular weight is 379 g/mol. The van der Waals surface area contributed by atoms with E-state index in [9.17, 15) is 14.4 Å². The van der Waals surface area contributed by atoms with Crippen molar-refractivity contribution >= 4 is 40.2 Å². The number of halogens is 2. The molecule has 4 aromatic rings. The van der Waals surface area contributed by atoms with Crippen molar-refractivity contribution in [2.45, 2.75) is 6.92 Å². The van der Waals surface area contributed by atoms with Crippen LogP contribution in [0.15, 0.2) is 47.3 Å². The van der Waals surface area contributed by atoms with E-state index < -0.39 is 5.82 Å². The molecule has 0 radical (unpaired) electrons. The van der Waals surface area contributed by atoms with Gasteiger partial charge in [-0.3, -0.25) is 9.20 Å². The van der Waals surface area contributed by atoms with Crippen LogP contribution in [0.2, 0.25) is 5.02 Å². The van der Waals surface area contributed by atoms with Crippen molar-refractivity contribution in [1.29, 1.82) is 5.26 Å². The van der Waals surface area contributed by atoms with Crippen LogP contribution in [-0.4, -0.2) is 9.38 Å². The first-order valence-corrected chi connectivity index (χ1v) is 8.44. The van der Waals surface area contributed by atoms with E-state index >= 15 is 0 Å². The van der Waals surface area contributed by atoms with Gasteiger partial charge in [0.15, 0.2) is 5.65 Å². The van der Waals surface area contributed by atoms with Crippen LogP contribution < -0.4 is 16.1 Å². The number of anilines is 1. The van der Waals surface area contributed by atoms with Crippen molar-refractivity contribution in [3.8, 4) is 6.07 Å². The first-order valence-electron chi connectivity index (χ1n) is 8.07. The van der Waals surface area contributed by atoms with Gasteiger partial charge in [-0.15, -0.1) is 0 Å². The molecule has 132 valence electrons. The van der Waals surface area contributed by atoms with Crippen molar-refractivity contribution in [3.05, 3.63) is 80.0 Å². The predicted molar refractivity (Wildman–Crippen MR) is 103 cm³/mol. The summed E-state index contributed by atoms with van der Waals surface area (Å²) in [7, 11) is 0. The maximum atomic E-state index is 13.6. The van der Waals surface area contributed by atoms with Gasteiger partial charge in [0.1, 0.15) is 11.9 Å². The quantitative estimate of drug-likeness (QED) is 0.580. The number of fused-ring (bicyclic) bond motifs is 3. The Kier molecular flexibility index (Phi) is 4.02. The summed E-state index contributed by atoms with van der Waals surface area (Å²) in [6.07, 6.45) is 1.47. The Labute approximate surface area is 157 Å². The van der Waals surface area contributed by atoms with Gasteiger partial charge in [-0.25, -0.2) is 9.37 Å². The first kappa shape index (κ1) is 17.0. The van der Waals surface area contributed by atoms with Crippen LogP contribution >= 0.6 is 11.6 Å². The van der Waals surface area contributed by atoms with Crippen LogP contribution in [-0.2, 0) is 0 Å². The molecule has 27 heavy (non-hydrogen) atoms. The third-order valence-corrected chi connectivity index (χ3v) is 4.72. The molecule has 0 saturated heterocycles. The summed E-state index contributed by atoms with van der Waals surface area (Å²) in [5.74, 6) is -0.567. The standard InChI is InChI=1S/C20H12ClFN4O/c1-11-13(9-23)19-25-17-4-2-3-5-18(17)26(19)20(27)14(11)10-24-12-6-7-15(21)16(22)8-12/h2-8,10,24H,1H3/b14-10+. The number of hydrogen-bond acceptors (Lipinski definition) is 4. The van der Waals surface area contributed by atoms with Gasteiger partial charge in [0.25, 0.3) is 5.56 Å². The van der Waals surface area contributed by atoms with E-state index in [0.29, 0.717) is 38.7 Å². The highest BCUT2D eigenvalue weighted by molar-refractivity contribution is 6.30. The Balaban J connectivity index is 2.00. The van der Waals surface area contributed by atoms with Crippen molar-refractivity contribution in [3.63, 3.8) is 0 Å². The third kappa shape index (κ3) is 2.69. The topological polar surface area (TPSA) is 70.2 Å². The van der Waals surface area contributed by atoms with Gasteiger partial charge in [0.05, 0.1) is 26.8 Å². The number of benzene rings is 2. The summed E-state index contributed by atoms with van der Waals surface area (Å²) in [5, 5.41) is 12.8.